The van der Waals surface area contributed by atoms with E-state index >= 15 is 0 Å². The fourth-order valence-corrected chi connectivity index (χ4v) is 1.54. The van der Waals surface area contributed by atoms with Crippen LogP contribution in [0.5, 0.6) is 0 Å². The predicted molar refractivity (Wildman–Crippen MR) is 63.9 cm³/mol. The van der Waals surface area contributed by atoms with Gasteiger partial charge in [-0.05, 0) is 26.9 Å². The molecule has 1 rings (SSSR count). The van der Waals surface area contributed by atoms with Gasteiger partial charge in [0.05, 0.1) is 6.42 Å². The Balaban J connectivity index is 2.30. The van der Waals surface area contributed by atoms with Crippen LogP contribution in [-0.2, 0) is 4.79 Å². The van der Waals surface area contributed by atoms with E-state index in [-0.39, 0.29) is 18.5 Å². The van der Waals surface area contributed by atoms with Gasteiger partial charge in [-0.2, -0.15) is 0 Å². The maximum atomic E-state index is 11.8. The number of hydrogen-bond acceptors (Lipinski definition) is 3. The number of likely N-dealkylation sites (N-methyl/N-ethyl adjacent to an activating group) is 1. The van der Waals surface area contributed by atoms with E-state index in [2.05, 4.69) is 5.32 Å². The number of urea groups is 1. The fourth-order valence-electron chi connectivity index (χ4n) is 1.54. The molecule has 0 heterocycles. The van der Waals surface area contributed by atoms with Crippen molar-refractivity contribution in [3.63, 3.8) is 0 Å². The van der Waals surface area contributed by atoms with Crippen LogP contribution < -0.4 is 5.32 Å². The van der Waals surface area contributed by atoms with Crippen LogP contribution in [-0.4, -0.2) is 66.7 Å². The highest BCUT2D eigenvalue weighted by Crippen LogP contribution is 2.26. The molecule has 1 aliphatic carbocycles. The molecule has 6 heteroatoms. The Morgan fingerprint density at radius 3 is 2.41 bits per heavy atom. The van der Waals surface area contributed by atoms with Gasteiger partial charge < -0.3 is 20.2 Å². The summed E-state index contributed by atoms with van der Waals surface area (Å²) in [5.41, 5.74) is 0. The molecular formula is C11H21N3O3. The zero-order valence-corrected chi connectivity index (χ0v) is 10.5. The molecule has 0 aliphatic heterocycles. The van der Waals surface area contributed by atoms with Crippen LogP contribution in [0.2, 0.25) is 0 Å². The summed E-state index contributed by atoms with van der Waals surface area (Å²) < 4.78 is 0. The average molecular weight is 243 g/mol. The molecule has 17 heavy (non-hydrogen) atoms. The molecule has 0 aromatic rings. The Morgan fingerprint density at radius 2 is 1.94 bits per heavy atom. The summed E-state index contributed by atoms with van der Waals surface area (Å²) in [5, 5.41) is 11.4. The van der Waals surface area contributed by atoms with E-state index in [1.165, 1.54) is 0 Å². The number of carboxylic acids is 1. The molecule has 0 radical (unpaired) electrons. The van der Waals surface area contributed by atoms with Crippen LogP contribution in [0.15, 0.2) is 0 Å². The van der Waals surface area contributed by atoms with E-state index in [1.54, 1.807) is 4.90 Å². The van der Waals surface area contributed by atoms with Gasteiger partial charge in [-0.3, -0.25) is 4.79 Å². The second-order valence-corrected chi connectivity index (χ2v) is 4.60. The van der Waals surface area contributed by atoms with E-state index in [4.69, 9.17) is 5.11 Å². The van der Waals surface area contributed by atoms with Gasteiger partial charge in [-0.1, -0.05) is 0 Å². The number of amides is 2. The topological polar surface area (TPSA) is 72.9 Å². The highest BCUT2D eigenvalue weighted by atomic mass is 16.4. The van der Waals surface area contributed by atoms with E-state index in [1.807, 2.05) is 19.0 Å². The van der Waals surface area contributed by atoms with Crippen LogP contribution >= 0.6 is 0 Å². The summed E-state index contributed by atoms with van der Waals surface area (Å²) in [6, 6.07) is 0.101. The van der Waals surface area contributed by atoms with Crippen LogP contribution in [0.4, 0.5) is 4.79 Å². The predicted octanol–water partition coefficient (Wildman–Crippen LogP) is 0.197. The molecule has 0 unspecified atom stereocenters. The summed E-state index contributed by atoms with van der Waals surface area (Å²) in [5.74, 6) is -0.864. The Labute approximate surface area is 102 Å². The van der Waals surface area contributed by atoms with E-state index in [0.29, 0.717) is 13.1 Å². The molecule has 0 atom stereocenters. The summed E-state index contributed by atoms with van der Waals surface area (Å²) >= 11 is 0. The Hall–Kier alpha value is -1.30. The lowest BCUT2D eigenvalue weighted by Gasteiger charge is -2.22. The standard InChI is InChI=1S/C11H21N3O3/c1-13(2)8-6-12-11(17)14(9-3-4-9)7-5-10(15)16/h9H,3-8H2,1-2H3,(H,12,17)(H,15,16). The van der Waals surface area contributed by atoms with Crippen molar-refractivity contribution in [2.45, 2.75) is 25.3 Å². The van der Waals surface area contributed by atoms with Crippen molar-refractivity contribution in [2.24, 2.45) is 0 Å². The second-order valence-electron chi connectivity index (χ2n) is 4.60. The number of carbonyl (C=O) groups is 2. The lowest BCUT2D eigenvalue weighted by Crippen LogP contribution is -2.44. The summed E-state index contributed by atoms with van der Waals surface area (Å²) in [7, 11) is 3.88. The third-order valence-corrected chi connectivity index (χ3v) is 2.65. The smallest absolute Gasteiger partial charge is 0.317 e. The van der Waals surface area contributed by atoms with E-state index in [0.717, 1.165) is 19.4 Å². The highest BCUT2D eigenvalue weighted by molar-refractivity contribution is 5.76. The minimum Gasteiger partial charge on any atom is -0.481 e. The Kier molecular flexibility index (Phi) is 5.21. The van der Waals surface area contributed by atoms with Gasteiger partial charge in [0, 0.05) is 25.7 Å². The van der Waals surface area contributed by atoms with Gasteiger partial charge in [0.25, 0.3) is 0 Å². The monoisotopic (exact) mass is 243 g/mol. The number of carbonyl (C=O) groups excluding carboxylic acids is 1. The van der Waals surface area contributed by atoms with Gasteiger partial charge in [0.1, 0.15) is 0 Å². The van der Waals surface area contributed by atoms with Crippen molar-refractivity contribution in [2.75, 3.05) is 33.7 Å². The van der Waals surface area contributed by atoms with Crippen molar-refractivity contribution < 1.29 is 14.7 Å². The van der Waals surface area contributed by atoms with Crippen molar-refractivity contribution in [1.82, 2.24) is 15.1 Å². The van der Waals surface area contributed by atoms with Crippen molar-refractivity contribution >= 4 is 12.0 Å². The minimum absolute atomic E-state index is 0.0115. The molecule has 98 valence electrons. The largest absolute Gasteiger partial charge is 0.481 e. The molecule has 1 fully saturated rings. The van der Waals surface area contributed by atoms with Crippen LogP contribution in [0.25, 0.3) is 0 Å². The van der Waals surface area contributed by atoms with E-state index < -0.39 is 5.97 Å². The highest BCUT2D eigenvalue weighted by Gasteiger charge is 2.32. The molecule has 1 saturated carbocycles. The molecule has 0 bridgehead atoms. The number of aliphatic carboxylic acids is 1. The first-order valence-electron chi connectivity index (χ1n) is 5.91. The van der Waals surface area contributed by atoms with Gasteiger partial charge in [-0.25, -0.2) is 4.79 Å². The molecule has 2 N–H and O–H groups in total. The minimum atomic E-state index is -0.864. The molecule has 2 amide bonds. The number of nitrogens with one attached hydrogen (secondary N) is 1. The van der Waals surface area contributed by atoms with Gasteiger partial charge in [-0.15, -0.1) is 0 Å². The second kappa shape index (κ2) is 6.44. The average Bonchev–Trinajstić information content (AvgIpc) is 3.01. The van der Waals surface area contributed by atoms with Crippen LogP contribution in [0, 0.1) is 0 Å². The summed E-state index contributed by atoms with van der Waals surface area (Å²) in [4.78, 5) is 26.0. The lowest BCUT2D eigenvalue weighted by molar-refractivity contribution is -0.137. The lowest BCUT2D eigenvalue weighted by atomic mass is 10.4. The molecule has 0 aromatic carbocycles. The van der Waals surface area contributed by atoms with Crippen molar-refractivity contribution in [3.8, 4) is 0 Å². The fraction of sp³-hybridized carbons (Fsp3) is 0.818. The Morgan fingerprint density at radius 1 is 1.29 bits per heavy atom. The first-order chi connectivity index (χ1) is 8.00. The van der Waals surface area contributed by atoms with Crippen LogP contribution in [0.1, 0.15) is 19.3 Å². The zero-order valence-electron chi connectivity index (χ0n) is 10.5. The summed E-state index contributed by atoms with van der Waals surface area (Å²) in [6.45, 7) is 1.67. The maximum absolute atomic E-state index is 11.8. The molecular weight excluding hydrogens is 222 g/mol. The number of hydrogen-bond donors (Lipinski definition) is 2. The van der Waals surface area contributed by atoms with E-state index in [9.17, 15) is 9.59 Å². The maximum Gasteiger partial charge on any atom is 0.317 e. The normalized spacial score (nSPS) is 14.8. The molecule has 0 spiro atoms. The quantitative estimate of drug-likeness (QED) is 0.670. The van der Waals surface area contributed by atoms with Gasteiger partial charge in [0.2, 0.25) is 0 Å². The molecule has 0 aromatic heterocycles. The SMILES string of the molecule is CN(C)CCNC(=O)N(CCC(=O)O)C1CC1. The first-order valence-corrected chi connectivity index (χ1v) is 5.91. The van der Waals surface area contributed by atoms with Crippen molar-refractivity contribution in [1.29, 1.82) is 0 Å². The third-order valence-electron chi connectivity index (χ3n) is 2.65. The van der Waals surface area contributed by atoms with Gasteiger partial charge in [0.15, 0.2) is 0 Å². The van der Waals surface area contributed by atoms with Gasteiger partial charge >= 0.3 is 12.0 Å². The number of rotatable bonds is 7. The number of nitrogens with zero attached hydrogens (tertiary/aromatic N) is 2. The molecule has 1 aliphatic rings. The van der Waals surface area contributed by atoms with Crippen molar-refractivity contribution in [3.05, 3.63) is 0 Å². The first kappa shape index (κ1) is 13.8. The third kappa shape index (κ3) is 5.53. The zero-order chi connectivity index (χ0) is 12.8. The van der Waals surface area contributed by atoms with Crippen LogP contribution in [0.3, 0.4) is 0 Å². The molecule has 0 saturated heterocycles. The Bertz CT molecular complexity index is 277. The summed E-state index contributed by atoms with van der Waals surface area (Å²) in [6.07, 6.45) is 1.99. The number of carboxylic acid groups (broad SMARTS) is 1. The molecule has 6 nitrogen and oxygen atoms in total.